The predicted octanol–water partition coefficient (Wildman–Crippen LogP) is 7.74. The molecule has 1 atom stereocenters. The van der Waals surface area contributed by atoms with Crippen LogP contribution in [-0.2, 0) is 10.8 Å². The highest BCUT2D eigenvalue weighted by molar-refractivity contribution is 6.58. The van der Waals surface area contributed by atoms with Gasteiger partial charge in [-0.2, -0.15) is 0 Å². The maximum absolute atomic E-state index is 2.45. The minimum absolute atomic E-state index is 0.144. The first-order chi connectivity index (χ1) is 12.4. The van der Waals surface area contributed by atoms with Crippen molar-refractivity contribution in [3.63, 3.8) is 0 Å². The van der Waals surface area contributed by atoms with Gasteiger partial charge in [-0.05, 0) is 56.7 Å². The van der Waals surface area contributed by atoms with E-state index in [0.717, 1.165) is 0 Å². The smallest absolute Gasteiger partial charge is 0.0551 e. The van der Waals surface area contributed by atoms with Crippen LogP contribution in [0.5, 0.6) is 0 Å². The molecule has 0 bridgehead atoms. The van der Waals surface area contributed by atoms with Crippen molar-refractivity contribution < 1.29 is 0 Å². The van der Waals surface area contributed by atoms with Crippen LogP contribution in [0.4, 0.5) is 0 Å². The molecule has 0 aromatic heterocycles. The van der Waals surface area contributed by atoms with Crippen molar-refractivity contribution in [3.8, 4) is 11.1 Å². The number of hydrogen-bond donors (Lipinski definition) is 0. The molecular weight excluding hydrogens is 340 g/mol. The van der Waals surface area contributed by atoms with Gasteiger partial charge in [-0.1, -0.05) is 103 Å². The highest BCUT2D eigenvalue weighted by Crippen LogP contribution is 2.43. The summed E-state index contributed by atoms with van der Waals surface area (Å²) in [5.41, 5.74) is 11.1. The molecule has 0 amide bonds. The largest absolute Gasteiger partial charge is 0.0705 e. The summed E-state index contributed by atoms with van der Waals surface area (Å²) in [7, 11) is -0.401. The van der Waals surface area contributed by atoms with Gasteiger partial charge in [0.1, 0.15) is 0 Å². The maximum Gasteiger partial charge on any atom is 0.0551 e. The Kier molecular flexibility index (Phi) is 5.05. The molecule has 0 nitrogen and oxygen atoms in total. The van der Waals surface area contributed by atoms with Gasteiger partial charge in [0.25, 0.3) is 0 Å². The molecule has 1 heteroatoms. The van der Waals surface area contributed by atoms with Gasteiger partial charge < -0.3 is 0 Å². The lowest BCUT2D eigenvalue weighted by Gasteiger charge is -2.27. The summed E-state index contributed by atoms with van der Waals surface area (Å²) in [6.07, 6.45) is 2.45. The second-order valence-electron chi connectivity index (χ2n) is 10.5. The van der Waals surface area contributed by atoms with Crippen LogP contribution in [0, 0.1) is 0 Å². The summed E-state index contributed by atoms with van der Waals surface area (Å²) in [6.45, 7) is 21.1. The van der Waals surface area contributed by atoms with Gasteiger partial charge in [0.2, 0.25) is 0 Å². The minimum Gasteiger partial charge on any atom is -0.0705 e. The molecule has 0 saturated heterocycles. The van der Waals surface area contributed by atoms with Crippen LogP contribution in [0.1, 0.15) is 76.3 Å². The van der Waals surface area contributed by atoms with Gasteiger partial charge in [0.05, 0.1) is 8.80 Å². The Labute approximate surface area is 168 Å². The maximum atomic E-state index is 2.45. The SMILES string of the molecule is CC1=Cc2c(-c3cc(C(C)(C)C)cc(C(C)(C)C)c3)cccc2C1[Si](C)C. The summed E-state index contributed by atoms with van der Waals surface area (Å²) in [6, 6.07) is 14.2. The fraction of sp³-hybridized carbons (Fsp3) is 0.462. The number of allylic oxidation sites excluding steroid dienone is 1. The number of rotatable bonds is 2. The molecule has 1 unspecified atom stereocenters. The topological polar surface area (TPSA) is 0 Å². The van der Waals surface area contributed by atoms with Gasteiger partial charge in [-0.3, -0.25) is 0 Å². The van der Waals surface area contributed by atoms with Crippen LogP contribution in [-0.4, -0.2) is 8.80 Å². The van der Waals surface area contributed by atoms with Crippen molar-refractivity contribution in [1.29, 1.82) is 0 Å². The third-order valence-electron chi connectivity index (χ3n) is 5.83. The van der Waals surface area contributed by atoms with Gasteiger partial charge in [0, 0.05) is 0 Å². The summed E-state index contributed by atoms with van der Waals surface area (Å²) in [5.74, 6) is 0. The van der Waals surface area contributed by atoms with Crippen molar-refractivity contribution >= 4 is 14.9 Å². The molecule has 3 rings (SSSR count). The summed E-state index contributed by atoms with van der Waals surface area (Å²) >= 11 is 0. The fourth-order valence-corrected chi connectivity index (χ4v) is 6.09. The van der Waals surface area contributed by atoms with E-state index in [2.05, 4.69) is 104 Å². The van der Waals surface area contributed by atoms with Crippen LogP contribution in [0.3, 0.4) is 0 Å². The quantitative estimate of drug-likeness (QED) is 0.471. The molecule has 2 aromatic carbocycles. The Morgan fingerprint density at radius 2 is 1.37 bits per heavy atom. The Hall–Kier alpha value is -1.60. The molecule has 0 N–H and O–H groups in total. The second kappa shape index (κ2) is 6.78. The second-order valence-corrected chi connectivity index (χ2v) is 13.2. The van der Waals surface area contributed by atoms with Gasteiger partial charge in [0.15, 0.2) is 0 Å². The van der Waals surface area contributed by atoms with E-state index in [4.69, 9.17) is 0 Å². The number of hydrogen-bond acceptors (Lipinski definition) is 0. The van der Waals surface area contributed by atoms with E-state index in [1.165, 1.54) is 27.8 Å². The van der Waals surface area contributed by atoms with E-state index in [-0.39, 0.29) is 10.8 Å². The third kappa shape index (κ3) is 3.85. The van der Waals surface area contributed by atoms with E-state index in [9.17, 15) is 0 Å². The molecule has 1 aliphatic carbocycles. The van der Waals surface area contributed by atoms with Crippen LogP contribution in [0.15, 0.2) is 42.0 Å². The zero-order valence-corrected chi connectivity index (χ0v) is 19.6. The zero-order valence-electron chi connectivity index (χ0n) is 18.6. The highest BCUT2D eigenvalue weighted by atomic mass is 28.3. The standard InChI is InChI=1S/C26H35Si/c1-17-13-23-21(11-10-12-22(23)24(17)27(8)9)18-14-19(25(2,3)4)16-20(15-18)26(5,6)7/h10-16,24H,1-9H3. The Morgan fingerprint density at radius 3 is 1.85 bits per heavy atom. The average Bonchev–Trinajstić information content (AvgIpc) is 2.88. The predicted molar refractivity (Wildman–Crippen MR) is 123 cm³/mol. The van der Waals surface area contributed by atoms with Crippen LogP contribution in [0.2, 0.25) is 13.1 Å². The zero-order chi connectivity index (χ0) is 20.1. The van der Waals surface area contributed by atoms with Crippen molar-refractivity contribution in [3.05, 3.63) is 64.2 Å². The molecule has 1 aliphatic rings. The van der Waals surface area contributed by atoms with Gasteiger partial charge >= 0.3 is 0 Å². The Balaban J connectivity index is 2.25. The first-order valence-corrected chi connectivity index (χ1v) is 12.7. The Morgan fingerprint density at radius 1 is 0.815 bits per heavy atom. The fourth-order valence-electron chi connectivity index (χ4n) is 4.22. The number of benzene rings is 2. The molecule has 0 fully saturated rings. The first-order valence-electron chi connectivity index (χ1n) is 10.2. The highest BCUT2D eigenvalue weighted by Gasteiger charge is 2.28. The molecule has 0 spiro atoms. The third-order valence-corrected chi connectivity index (χ3v) is 7.75. The average molecular weight is 376 g/mol. The van der Waals surface area contributed by atoms with Crippen LogP contribution >= 0.6 is 0 Å². The van der Waals surface area contributed by atoms with E-state index in [1.807, 2.05) is 0 Å². The van der Waals surface area contributed by atoms with E-state index >= 15 is 0 Å². The van der Waals surface area contributed by atoms with Crippen molar-refractivity contribution in [2.75, 3.05) is 0 Å². The monoisotopic (exact) mass is 375 g/mol. The summed E-state index contributed by atoms with van der Waals surface area (Å²) in [4.78, 5) is 0. The summed E-state index contributed by atoms with van der Waals surface area (Å²) in [5, 5.41) is 0. The molecule has 0 saturated carbocycles. The van der Waals surface area contributed by atoms with Gasteiger partial charge in [-0.15, -0.1) is 0 Å². The lowest BCUT2D eigenvalue weighted by atomic mass is 9.78. The summed E-state index contributed by atoms with van der Waals surface area (Å²) < 4.78 is 0. The van der Waals surface area contributed by atoms with E-state index in [0.29, 0.717) is 5.54 Å². The minimum atomic E-state index is -0.401. The van der Waals surface area contributed by atoms with Gasteiger partial charge in [-0.25, -0.2) is 0 Å². The van der Waals surface area contributed by atoms with Crippen LogP contribution < -0.4 is 0 Å². The van der Waals surface area contributed by atoms with E-state index < -0.39 is 8.80 Å². The molecule has 143 valence electrons. The Bertz CT molecular complexity index is 853. The molecule has 2 aromatic rings. The lowest BCUT2D eigenvalue weighted by Crippen LogP contribution is -2.17. The van der Waals surface area contributed by atoms with E-state index in [1.54, 1.807) is 11.1 Å². The molecule has 0 heterocycles. The molecule has 0 aliphatic heterocycles. The van der Waals surface area contributed by atoms with Crippen LogP contribution in [0.25, 0.3) is 17.2 Å². The lowest BCUT2D eigenvalue weighted by molar-refractivity contribution is 0.569. The van der Waals surface area contributed by atoms with Crippen molar-refractivity contribution in [1.82, 2.24) is 0 Å². The molecular formula is C26H35Si. The molecule has 27 heavy (non-hydrogen) atoms. The molecule has 1 radical (unpaired) electrons. The van der Waals surface area contributed by atoms with Crippen molar-refractivity contribution in [2.24, 2.45) is 0 Å². The normalized spacial score (nSPS) is 17.3. The number of fused-ring (bicyclic) bond motifs is 1. The van der Waals surface area contributed by atoms with Crippen molar-refractivity contribution in [2.45, 2.75) is 77.9 Å². The first kappa shape index (κ1) is 20.1.